The van der Waals surface area contributed by atoms with Crippen molar-refractivity contribution in [1.82, 2.24) is 9.97 Å². The van der Waals surface area contributed by atoms with Crippen molar-refractivity contribution < 1.29 is 0 Å². The van der Waals surface area contributed by atoms with Crippen molar-refractivity contribution in [3.05, 3.63) is 36.6 Å². The Bertz CT molecular complexity index is 352. The Morgan fingerprint density at radius 2 is 2.00 bits per heavy atom. The van der Waals surface area contributed by atoms with Crippen molar-refractivity contribution >= 4 is 12.1 Å². The zero-order valence-corrected chi connectivity index (χ0v) is 8.25. The normalized spacial score (nSPS) is 12.9. The number of aliphatic imine (C=N–C) groups is 2. The molecule has 0 aliphatic carbocycles. The van der Waals surface area contributed by atoms with E-state index >= 15 is 0 Å². The van der Waals surface area contributed by atoms with Crippen molar-refractivity contribution in [3.63, 3.8) is 0 Å². The van der Waals surface area contributed by atoms with Crippen LogP contribution in [0, 0.1) is 0 Å². The molecule has 0 N–H and O–H groups in total. The molecular weight excluding hydrogens is 176 g/mol. The zero-order valence-electron chi connectivity index (χ0n) is 8.25. The first-order valence-corrected chi connectivity index (χ1v) is 4.33. The predicted octanol–water partition coefficient (Wildman–Crippen LogP) is 1.85. The molecule has 0 aliphatic heterocycles. The van der Waals surface area contributed by atoms with Crippen LogP contribution in [0.4, 0.5) is 0 Å². The van der Waals surface area contributed by atoms with Gasteiger partial charge in [-0.15, -0.1) is 0 Å². The van der Waals surface area contributed by atoms with Gasteiger partial charge < -0.3 is 0 Å². The van der Waals surface area contributed by atoms with Crippen molar-refractivity contribution in [2.75, 3.05) is 0 Å². The number of allylic oxidation sites excluding steroid dienone is 1. The molecule has 14 heavy (non-hydrogen) atoms. The molecule has 0 radical (unpaired) electrons. The van der Waals surface area contributed by atoms with Crippen LogP contribution in [-0.4, -0.2) is 22.0 Å². The minimum Gasteiger partial charge on any atom is -0.239 e. The molecule has 0 fully saturated rings. The van der Waals surface area contributed by atoms with E-state index in [1.807, 2.05) is 19.9 Å². The van der Waals surface area contributed by atoms with Crippen LogP contribution in [0.15, 0.2) is 40.7 Å². The van der Waals surface area contributed by atoms with Crippen molar-refractivity contribution in [2.45, 2.75) is 13.8 Å². The van der Waals surface area contributed by atoms with E-state index in [2.05, 4.69) is 20.0 Å². The van der Waals surface area contributed by atoms with Gasteiger partial charge in [-0.05, 0) is 19.9 Å². The molecule has 1 heterocycles. The number of hydrogen-bond acceptors (Lipinski definition) is 3. The highest BCUT2D eigenvalue weighted by atomic mass is 15.0. The molecule has 0 atom stereocenters. The van der Waals surface area contributed by atoms with E-state index in [1.165, 1.54) is 0 Å². The van der Waals surface area contributed by atoms with Crippen molar-refractivity contribution in [2.24, 2.45) is 9.98 Å². The maximum atomic E-state index is 4.12. The smallest absolute Gasteiger partial charge is 0.197 e. The lowest BCUT2D eigenvalue weighted by Crippen LogP contribution is -2.02. The lowest BCUT2D eigenvalue weighted by atomic mass is 10.5. The molecule has 0 saturated carbocycles. The molecule has 0 aliphatic rings. The third-order valence-electron chi connectivity index (χ3n) is 1.36. The molecular formula is C10H12N4. The summed E-state index contributed by atoms with van der Waals surface area (Å²) in [5.74, 6) is 1.05. The molecule has 1 aromatic heterocycles. The molecule has 0 aromatic carbocycles. The monoisotopic (exact) mass is 188 g/mol. The van der Waals surface area contributed by atoms with E-state index < -0.39 is 0 Å². The third-order valence-corrected chi connectivity index (χ3v) is 1.36. The first kappa shape index (κ1) is 10.2. The summed E-state index contributed by atoms with van der Waals surface area (Å²) < 4.78 is 0. The maximum Gasteiger partial charge on any atom is 0.197 e. The average molecular weight is 188 g/mol. The van der Waals surface area contributed by atoms with Crippen LogP contribution in [-0.2, 0) is 0 Å². The lowest BCUT2D eigenvalue weighted by molar-refractivity contribution is 1.12. The number of hydrogen-bond donors (Lipinski definition) is 0. The molecule has 0 unspecified atom stereocenters. The van der Waals surface area contributed by atoms with E-state index in [-0.39, 0.29) is 0 Å². The number of amidine groups is 1. The van der Waals surface area contributed by atoms with Crippen LogP contribution < -0.4 is 0 Å². The van der Waals surface area contributed by atoms with Gasteiger partial charge in [-0.25, -0.2) is 20.0 Å². The van der Waals surface area contributed by atoms with Gasteiger partial charge in [0.15, 0.2) is 11.7 Å². The van der Waals surface area contributed by atoms with Gasteiger partial charge in [-0.1, -0.05) is 6.08 Å². The predicted molar refractivity (Wildman–Crippen MR) is 57.5 cm³/mol. The summed E-state index contributed by atoms with van der Waals surface area (Å²) in [5, 5.41) is 0. The lowest BCUT2D eigenvalue weighted by Gasteiger charge is -1.95. The molecule has 72 valence electrons. The van der Waals surface area contributed by atoms with E-state index in [0.717, 1.165) is 0 Å². The fraction of sp³-hybridized carbons (Fsp3) is 0.200. The third kappa shape index (κ3) is 2.90. The molecule has 4 heteroatoms. The Morgan fingerprint density at radius 3 is 2.57 bits per heavy atom. The molecule has 0 saturated heterocycles. The van der Waals surface area contributed by atoms with Crippen LogP contribution in [0.25, 0.3) is 0 Å². The van der Waals surface area contributed by atoms with Gasteiger partial charge in [0.25, 0.3) is 0 Å². The molecule has 1 aromatic rings. The molecule has 0 bridgehead atoms. The molecule has 0 amide bonds. The molecule has 1 rings (SSSR count). The zero-order chi connectivity index (χ0) is 10.2. The summed E-state index contributed by atoms with van der Waals surface area (Å²) in [7, 11) is 0. The van der Waals surface area contributed by atoms with Crippen LogP contribution in [0.3, 0.4) is 0 Å². The summed E-state index contributed by atoms with van der Waals surface area (Å²) in [4.78, 5) is 16.3. The Morgan fingerprint density at radius 1 is 1.29 bits per heavy atom. The van der Waals surface area contributed by atoms with E-state index in [0.29, 0.717) is 11.7 Å². The number of aromatic nitrogens is 2. The van der Waals surface area contributed by atoms with Crippen molar-refractivity contribution in [1.29, 1.82) is 0 Å². The highest BCUT2D eigenvalue weighted by molar-refractivity contribution is 6.00. The fourth-order valence-electron chi connectivity index (χ4n) is 0.831. The highest BCUT2D eigenvalue weighted by Crippen LogP contribution is 1.94. The minimum absolute atomic E-state index is 0.520. The van der Waals surface area contributed by atoms with Gasteiger partial charge in [0.05, 0.1) is 0 Å². The second-order valence-electron chi connectivity index (χ2n) is 2.39. The second kappa shape index (κ2) is 5.75. The SMILES string of the molecule is C\C=C/N=C(\N=C/C)c1ncccn1. The summed E-state index contributed by atoms with van der Waals surface area (Å²) in [5.41, 5.74) is 0. The highest BCUT2D eigenvalue weighted by Gasteiger charge is 2.01. The molecule has 4 nitrogen and oxygen atoms in total. The topological polar surface area (TPSA) is 50.5 Å². The summed E-state index contributed by atoms with van der Waals surface area (Å²) in [6, 6.07) is 1.76. The van der Waals surface area contributed by atoms with Gasteiger partial charge >= 0.3 is 0 Å². The van der Waals surface area contributed by atoms with Gasteiger partial charge in [-0.3, -0.25) is 0 Å². The van der Waals surface area contributed by atoms with E-state index in [4.69, 9.17) is 0 Å². The molecule has 0 spiro atoms. The van der Waals surface area contributed by atoms with Crippen LogP contribution in [0.1, 0.15) is 19.7 Å². The largest absolute Gasteiger partial charge is 0.239 e. The van der Waals surface area contributed by atoms with Gasteiger partial charge in [0, 0.05) is 24.8 Å². The second-order valence-corrected chi connectivity index (χ2v) is 2.39. The minimum atomic E-state index is 0.520. The fourth-order valence-corrected chi connectivity index (χ4v) is 0.831. The Kier molecular flexibility index (Phi) is 4.20. The Labute approximate surface area is 83.2 Å². The summed E-state index contributed by atoms with van der Waals surface area (Å²) in [6.07, 6.45) is 8.49. The van der Waals surface area contributed by atoms with Gasteiger partial charge in [-0.2, -0.15) is 0 Å². The van der Waals surface area contributed by atoms with Crippen LogP contribution in [0.5, 0.6) is 0 Å². The van der Waals surface area contributed by atoms with Crippen LogP contribution >= 0.6 is 0 Å². The maximum absolute atomic E-state index is 4.12. The quantitative estimate of drug-likeness (QED) is 0.525. The number of rotatable bonds is 2. The average Bonchev–Trinajstić information content (AvgIpc) is 2.25. The summed E-state index contributed by atoms with van der Waals surface area (Å²) >= 11 is 0. The number of nitrogens with zero attached hydrogens (tertiary/aromatic N) is 4. The van der Waals surface area contributed by atoms with E-state index in [1.54, 1.807) is 30.9 Å². The Balaban J connectivity index is 3.00. The summed E-state index contributed by atoms with van der Waals surface area (Å²) in [6.45, 7) is 3.72. The first-order valence-electron chi connectivity index (χ1n) is 4.33. The standard InChI is InChI=1S/C10H12N4/c1-3-6-12-9(11-4-2)10-13-7-5-8-14-10/h3-8H,1-2H3/b6-3-,11-4-,12-9-. The first-order chi connectivity index (χ1) is 6.88. The van der Waals surface area contributed by atoms with Crippen LogP contribution in [0.2, 0.25) is 0 Å². The Hall–Kier alpha value is -1.84. The van der Waals surface area contributed by atoms with Crippen molar-refractivity contribution in [3.8, 4) is 0 Å². The van der Waals surface area contributed by atoms with Gasteiger partial charge in [0.2, 0.25) is 0 Å². The van der Waals surface area contributed by atoms with E-state index in [9.17, 15) is 0 Å². The van der Waals surface area contributed by atoms with Gasteiger partial charge in [0.1, 0.15) is 0 Å².